The molecule has 178 valence electrons. The third-order valence-corrected chi connectivity index (χ3v) is 13.5. The van der Waals surface area contributed by atoms with Crippen molar-refractivity contribution in [2.24, 2.45) is 11.8 Å². The minimum Gasteiger partial charge on any atom is -0.273 e. The highest BCUT2D eigenvalue weighted by Gasteiger charge is 2.53. The van der Waals surface area contributed by atoms with Gasteiger partial charge in [-0.1, -0.05) is 53.6 Å². The number of hydrogen-bond donors (Lipinski definition) is 0. The Morgan fingerprint density at radius 2 is 1.20 bits per heavy atom. The van der Waals surface area contributed by atoms with Gasteiger partial charge in [-0.3, -0.25) is 9.59 Å². The number of fused-ring (bicyclic) bond motifs is 3. The lowest BCUT2D eigenvalue weighted by Crippen LogP contribution is -2.41. The molecule has 3 aliphatic rings. The largest absolute Gasteiger partial charge is 0.273 e. The summed E-state index contributed by atoms with van der Waals surface area (Å²) in [5, 5.41) is 1.09. The van der Waals surface area contributed by atoms with Crippen molar-refractivity contribution in [3.05, 3.63) is 82.0 Å². The van der Waals surface area contributed by atoms with Crippen LogP contribution in [-0.2, 0) is 9.59 Å². The molecule has 0 spiro atoms. The Balaban J connectivity index is 1.46. The summed E-state index contributed by atoms with van der Waals surface area (Å²) in [5.74, 6) is -1.28. The normalized spacial score (nSPS) is 25.9. The van der Waals surface area contributed by atoms with Gasteiger partial charge in [0, 0.05) is 20.3 Å². The zero-order chi connectivity index (χ0) is 24.4. The van der Waals surface area contributed by atoms with Gasteiger partial charge in [-0.15, -0.1) is 46.2 Å². The second-order valence-corrected chi connectivity index (χ2v) is 16.2. The lowest BCUT2D eigenvalue weighted by molar-refractivity contribution is -0.127. The van der Waals surface area contributed by atoms with Crippen LogP contribution in [-0.4, -0.2) is 22.3 Å². The molecule has 6 rings (SSSR count). The first-order valence-electron chi connectivity index (χ1n) is 10.4. The van der Waals surface area contributed by atoms with Gasteiger partial charge in [-0.25, -0.2) is 4.90 Å². The highest BCUT2D eigenvalue weighted by atomic mass is 79.9. The van der Waals surface area contributed by atoms with Gasteiger partial charge in [-0.2, -0.15) is 0 Å². The van der Waals surface area contributed by atoms with Crippen molar-refractivity contribution in [2.75, 3.05) is 4.90 Å². The molecule has 0 radical (unpaired) electrons. The first-order chi connectivity index (χ1) is 16.8. The van der Waals surface area contributed by atoms with Crippen molar-refractivity contribution in [3.63, 3.8) is 0 Å². The fraction of sp³-hybridized carbons (Fsp3) is 0.167. The molecule has 0 bridgehead atoms. The average molecular weight is 706 g/mol. The molecule has 4 unspecified atom stereocenters. The molecule has 1 fully saturated rings. The van der Waals surface area contributed by atoms with Gasteiger partial charge in [0.05, 0.1) is 44.9 Å². The van der Waals surface area contributed by atoms with E-state index in [4.69, 9.17) is 23.2 Å². The van der Waals surface area contributed by atoms with Crippen LogP contribution in [0.1, 0.15) is 9.75 Å². The van der Waals surface area contributed by atoms with E-state index >= 15 is 0 Å². The Labute approximate surface area is 245 Å². The topological polar surface area (TPSA) is 37.4 Å². The zero-order valence-corrected chi connectivity index (χ0v) is 25.4. The minimum atomic E-state index is -0.447. The number of nitrogens with zero attached hydrogens (tertiary/aromatic N) is 1. The van der Waals surface area contributed by atoms with Crippen molar-refractivity contribution < 1.29 is 9.59 Å². The van der Waals surface area contributed by atoms with Crippen LogP contribution >= 0.6 is 101 Å². The van der Waals surface area contributed by atoms with Gasteiger partial charge in [0.2, 0.25) is 11.8 Å². The number of anilines is 1. The molecule has 0 aliphatic carbocycles. The summed E-state index contributed by atoms with van der Waals surface area (Å²) in [7, 11) is 0. The number of hydrogen-bond acceptors (Lipinski definition) is 6. The summed E-state index contributed by atoms with van der Waals surface area (Å²) in [6, 6.07) is 12.9. The molecule has 2 aromatic heterocycles. The predicted octanol–water partition coefficient (Wildman–Crippen LogP) is 9.06. The van der Waals surface area contributed by atoms with Crippen LogP contribution < -0.4 is 4.90 Å². The second kappa shape index (κ2) is 9.66. The smallest absolute Gasteiger partial charge is 0.241 e. The summed E-state index contributed by atoms with van der Waals surface area (Å²) in [6.45, 7) is 0. The Bertz CT molecular complexity index is 1350. The van der Waals surface area contributed by atoms with E-state index in [1.165, 1.54) is 4.90 Å². The third-order valence-electron chi connectivity index (χ3n) is 6.01. The fourth-order valence-corrected chi connectivity index (χ4v) is 12.1. The summed E-state index contributed by atoms with van der Waals surface area (Å²) < 4.78 is 1.88. The van der Waals surface area contributed by atoms with Crippen LogP contribution in [0, 0.1) is 11.8 Å². The van der Waals surface area contributed by atoms with Gasteiger partial charge >= 0.3 is 0 Å². The maximum Gasteiger partial charge on any atom is 0.241 e. The van der Waals surface area contributed by atoms with Crippen molar-refractivity contribution in [2.45, 2.75) is 10.5 Å². The number of carbonyl (C=O) groups excluding carboxylic acids is 2. The van der Waals surface area contributed by atoms with Crippen LogP contribution in [0.2, 0.25) is 10.0 Å². The Kier molecular flexibility index (Phi) is 6.84. The van der Waals surface area contributed by atoms with Gasteiger partial charge in [-0.05, 0) is 56.1 Å². The van der Waals surface area contributed by atoms with Crippen molar-refractivity contribution >= 4 is 129 Å². The number of benzene rings is 1. The molecule has 3 aromatic rings. The molecule has 1 saturated heterocycles. The van der Waals surface area contributed by atoms with Gasteiger partial charge < -0.3 is 0 Å². The highest BCUT2D eigenvalue weighted by Crippen LogP contribution is 2.58. The molecular formula is C24H13Br2Cl2NO2S4. The van der Waals surface area contributed by atoms with E-state index in [0.717, 1.165) is 27.1 Å². The minimum absolute atomic E-state index is 0.113. The van der Waals surface area contributed by atoms with Crippen LogP contribution in [0.5, 0.6) is 0 Å². The van der Waals surface area contributed by atoms with Gasteiger partial charge in [0.15, 0.2) is 0 Å². The van der Waals surface area contributed by atoms with Gasteiger partial charge in [0.25, 0.3) is 0 Å². The molecule has 5 heterocycles. The Morgan fingerprint density at radius 3 is 1.60 bits per heavy atom. The molecule has 2 amide bonds. The molecule has 0 saturated carbocycles. The van der Waals surface area contributed by atoms with Crippen LogP contribution in [0.3, 0.4) is 0 Å². The molecular weight excluding hydrogens is 693 g/mol. The summed E-state index contributed by atoms with van der Waals surface area (Å²) >= 11 is 26.5. The molecule has 0 N–H and O–H groups in total. The number of carbonyl (C=O) groups is 2. The monoisotopic (exact) mass is 703 g/mol. The number of imide groups is 1. The number of rotatable bonds is 3. The van der Waals surface area contributed by atoms with E-state index in [0.29, 0.717) is 15.7 Å². The van der Waals surface area contributed by atoms with Crippen LogP contribution in [0.4, 0.5) is 5.69 Å². The zero-order valence-electron chi connectivity index (χ0n) is 17.4. The van der Waals surface area contributed by atoms with Gasteiger partial charge in [0.1, 0.15) is 0 Å². The quantitative estimate of drug-likeness (QED) is 0.255. The maximum absolute atomic E-state index is 13.9. The van der Waals surface area contributed by atoms with E-state index < -0.39 is 11.8 Å². The van der Waals surface area contributed by atoms with E-state index in [-0.39, 0.29) is 22.3 Å². The first kappa shape index (κ1) is 24.8. The predicted molar refractivity (Wildman–Crippen MR) is 159 cm³/mol. The van der Waals surface area contributed by atoms with E-state index in [1.807, 2.05) is 54.6 Å². The molecule has 35 heavy (non-hydrogen) atoms. The SMILES string of the molecule is O=C1C2C=C(c3sc(Br)cc3Cl)SC2C2SC(c3sc(Br)cc3Cl)=CC2C(=O)N1c1ccccc1. The van der Waals surface area contributed by atoms with Crippen molar-refractivity contribution in [3.8, 4) is 0 Å². The molecule has 1 aromatic carbocycles. The van der Waals surface area contributed by atoms with Crippen LogP contribution in [0.25, 0.3) is 9.81 Å². The summed E-state index contributed by atoms with van der Waals surface area (Å²) in [6.07, 6.45) is 4.00. The van der Waals surface area contributed by atoms with E-state index in [9.17, 15) is 9.59 Å². The summed E-state index contributed by atoms with van der Waals surface area (Å²) in [4.78, 5) is 33.0. The van der Waals surface area contributed by atoms with E-state index in [2.05, 4.69) is 31.9 Å². The average Bonchev–Trinajstić information content (AvgIpc) is 3.58. The standard InChI is InChI=1S/C24H13Br2Cl2NO2S4/c25-17-8-13(27)21(34-17)15-6-11-19(32-15)20-12(7-16(33-20)22-14(28)9-18(26)35-22)24(31)29(23(11)30)10-4-2-1-3-5-10/h1-9,11-12,19-20H. The molecule has 3 aliphatic heterocycles. The fourth-order valence-electron chi connectivity index (χ4n) is 4.52. The number of halogens is 4. The molecule has 11 heteroatoms. The maximum atomic E-state index is 13.9. The van der Waals surface area contributed by atoms with Crippen molar-refractivity contribution in [1.82, 2.24) is 0 Å². The number of amides is 2. The number of para-hydroxylation sites is 1. The van der Waals surface area contributed by atoms with Crippen LogP contribution in [0.15, 0.2) is 62.2 Å². The van der Waals surface area contributed by atoms with Crippen molar-refractivity contribution in [1.29, 1.82) is 0 Å². The first-order valence-corrected chi connectivity index (χ1v) is 16.2. The highest BCUT2D eigenvalue weighted by molar-refractivity contribution is 9.11. The lowest BCUT2D eigenvalue weighted by Gasteiger charge is -2.23. The molecule has 4 atom stereocenters. The lowest BCUT2D eigenvalue weighted by atomic mass is 9.95. The summed E-state index contributed by atoms with van der Waals surface area (Å²) in [5.41, 5.74) is 0.592. The number of thioether (sulfide) groups is 2. The Hall–Kier alpha value is -0.520. The number of thiophene rings is 2. The second-order valence-electron chi connectivity index (χ2n) is 8.08. The third kappa shape index (κ3) is 4.34. The Morgan fingerprint density at radius 1 is 0.743 bits per heavy atom. The molecule has 3 nitrogen and oxygen atoms in total. The van der Waals surface area contributed by atoms with E-state index in [1.54, 1.807) is 46.2 Å².